The van der Waals surface area contributed by atoms with E-state index in [2.05, 4.69) is 31.1 Å². The van der Waals surface area contributed by atoms with Gasteiger partial charge in [-0.3, -0.25) is 24.2 Å². The highest BCUT2D eigenvalue weighted by atomic mass is 32.2. The second-order valence-corrected chi connectivity index (χ2v) is 13.7. The number of nitrogens with zero attached hydrogens (tertiary/aromatic N) is 3. The van der Waals surface area contributed by atoms with Crippen molar-refractivity contribution < 1.29 is 27.6 Å². The van der Waals surface area contributed by atoms with E-state index >= 15 is 0 Å². The Morgan fingerprint density at radius 3 is 2.35 bits per heavy atom. The molecule has 40 heavy (non-hydrogen) atoms. The molecule has 1 N–H and O–H groups in total. The fourth-order valence-electron chi connectivity index (χ4n) is 5.55. The van der Waals surface area contributed by atoms with Crippen molar-refractivity contribution in [2.45, 2.75) is 70.0 Å². The van der Waals surface area contributed by atoms with Crippen molar-refractivity contribution in [2.75, 3.05) is 13.1 Å². The molecule has 11 heteroatoms. The number of hydrogen-bond donors (Lipinski definition) is 1. The number of aromatic nitrogens is 1. The van der Waals surface area contributed by atoms with Crippen LogP contribution in [-0.4, -0.2) is 76.5 Å². The summed E-state index contributed by atoms with van der Waals surface area (Å²) in [6.07, 6.45) is 5.20. The van der Waals surface area contributed by atoms with Gasteiger partial charge in [0.05, 0.1) is 18.2 Å². The zero-order valence-corrected chi connectivity index (χ0v) is 23.7. The van der Waals surface area contributed by atoms with E-state index in [4.69, 9.17) is 0 Å². The first-order chi connectivity index (χ1) is 18.9. The van der Waals surface area contributed by atoms with Crippen LogP contribution in [0.2, 0.25) is 0 Å². The highest BCUT2D eigenvalue weighted by Crippen LogP contribution is 2.36. The van der Waals surface area contributed by atoms with Crippen molar-refractivity contribution >= 4 is 32.7 Å². The summed E-state index contributed by atoms with van der Waals surface area (Å²) in [5.74, 6) is -0.902. The average Bonchev–Trinajstić information content (AvgIpc) is 3.53. The maximum atomic E-state index is 13.8. The van der Waals surface area contributed by atoms with Gasteiger partial charge in [0.2, 0.25) is 5.91 Å². The molecular formula is C29H34N4O6S. The lowest BCUT2D eigenvalue weighted by Crippen LogP contribution is -2.52. The lowest BCUT2D eigenvalue weighted by Gasteiger charge is -2.28. The van der Waals surface area contributed by atoms with Gasteiger partial charge in [0.15, 0.2) is 5.78 Å². The molecule has 1 aliphatic carbocycles. The molecule has 212 valence electrons. The fraction of sp³-hybridized carbons (Fsp3) is 0.483. The van der Waals surface area contributed by atoms with Crippen LogP contribution in [0.4, 0.5) is 0 Å². The largest absolute Gasteiger partial charge is 0.340 e. The van der Waals surface area contributed by atoms with Crippen molar-refractivity contribution in [3.8, 4) is 0 Å². The van der Waals surface area contributed by atoms with E-state index in [1.807, 2.05) is 12.1 Å². The van der Waals surface area contributed by atoms with Gasteiger partial charge in [-0.2, -0.15) is 4.31 Å². The number of ketones is 1. The number of Topliss-reactive ketones (excluding diaryl/α,β-unsaturated/α-hetero) is 1. The summed E-state index contributed by atoms with van der Waals surface area (Å²) in [5, 5.41) is 1.75. The van der Waals surface area contributed by atoms with Crippen molar-refractivity contribution in [1.29, 1.82) is 0 Å². The van der Waals surface area contributed by atoms with E-state index in [0.29, 0.717) is 17.9 Å². The Morgan fingerprint density at radius 2 is 1.75 bits per heavy atom. The zero-order chi connectivity index (χ0) is 28.8. The standard InChI is InChI=1S/C29H34N4O6S/c1-29(2,3)21-10-8-19(9-11-21)26(35)31-22(15-18-6-7-18)27(36)32-14-12-23-25(32)24(34)17-33(23)40(38,39)28(37)20-5-4-13-30-16-20/h4-5,8-11,13,16,18,22-23,25H,6-7,12,14-15,17H2,1-3H3,(H,31,35). The minimum atomic E-state index is -4.50. The summed E-state index contributed by atoms with van der Waals surface area (Å²) < 4.78 is 27.3. The van der Waals surface area contributed by atoms with E-state index in [-0.39, 0.29) is 29.9 Å². The van der Waals surface area contributed by atoms with Gasteiger partial charge >= 0.3 is 0 Å². The molecule has 2 amide bonds. The fourth-order valence-corrected chi connectivity index (χ4v) is 7.06. The first-order valence-electron chi connectivity index (χ1n) is 13.6. The zero-order valence-electron chi connectivity index (χ0n) is 22.9. The molecule has 1 aromatic heterocycles. The first kappa shape index (κ1) is 28.1. The Bertz CT molecular complexity index is 1430. The number of sulfonamides is 1. The molecule has 0 bridgehead atoms. The summed E-state index contributed by atoms with van der Waals surface area (Å²) in [7, 11) is -4.50. The van der Waals surface area contributed by atoms with Crippen LogP contribution >= 0.6 is 0 Å². The lowest BCUT2D eigenvalue weighted by molar-refractivity contribution is -0.138. The van der Waals surface area contributed by atoms with Crippen LogP contribution in [0.15, 0.2) is 48.8 Å². The van der Waals surface area contributed by atoms with Crippen LogP contribution in [0.5, 0.6) is 0 Å². The maximum Gasteiger partial charge on any atom is 0.293 e. The van der Waals surface area contributed by atoms with Gasteiger partial charge in [0, 0.05) is 24.5 Å². The summed E-state index contributed by atoms with van der Waals surface area (Å²) in [4.78, 5) is 58.0. The van der Waals surface area contributed by atoms with Crippen molar-refractivity contribution in [1.82, 2.24) is 19.5 Å². The maximum absolute atomic E-state index is 13.8. The Balaban J connectivity index is 1.32. The third-order valence-electron chi connectivity index (χ3n) is 7.98. The predicted molar refractivity (Wildman–Crippen MR) is 147 cm³/mol. The van der Waals surface area contributed by atoms with Crippen LogP contribution in [0.3, 0.4) is 0 Å². The number of pyridine rings is 1. The molecule has 3 heterocycles. The SMILES string of the molecule is CC(C)(C)c1ccc(C(=O)NC(CC2CC2)C(=O)N2CCC3C2C(=O)CN3S(=O)(=O)C(=O)c2cccnc2)cc1. The first-order valence-corrected chi connectivity index (χ1v) is 15.0. The number of hydrogen-bond acceptors (Lipinski definition) is 7. The molecule has 5 rings (SSSR count). The number of likely N-dealkylation sites (tertiary alicyclic amines) is 1. The normalized spacial score (nSPS) is 22.2. The highest BCUT2D eigenvalue weighted by Gasteiger charge is 2.55. The number of benzene rings is 1. The summed E-state index contributed by atoms with van der Waals surface area (Å²) in [6, 6.07) is 7.44. The van der Waals surface area contributed by atoms with Crippen molar-refractivity contribution in [3.63, 3.8) is 0 Å². The Labute approximate surface area is 234 Å². The number of amides is 2. The van der Waals surface area contributed by atoms with Crippen molar-refractivity contribution in [2.24, 2.45) is 5.92 Å². The van der Waals surface area contributed by atoms with E-state index in [0.717, 1.165) is 22.7 Å². The lowest BCUT2D eigenvalue weighted by atomic mass is 9.86. The van der Waals surface area contributed by atoms with Gasteiger partial charge in [-0.1, -0.05) is 45.7 Å². The molecule has 2 aliphatic heterocycles. The monoisotopic (exact) mass is 566 g/mol. The smallest absolute Gasteiger partial charge is 0.293 e. The summed E-state index contributed by atoms with van der Waals surface area (Å²) in [6.45, 7) is 5.93. The molecular weight excluding hydrogens is 532 g/mol. The van der Waals surface area contributed by atoms with Crippen LogP contribution in [-0.2, 0) is 25.0 Å². The van der Waals surface area contributed by atoms with E-state index in [1.54, 1.807) is 12.1 Å². The van der Waals surface area contributed by atoms with Gasteiger partial charge in [-0.05, 0) is 54.0 Å². The molecule has 0 radical (unpaired) electrons. The minimum absolute atomic E-state index is 0.0659. The molecule has 2 aromatic rings. The van der Waals surface area contributed by atoms with Crippen molar-refractivity contribution in [3.05, 3.63) is 65.5 Å². The molecule has 3 unspecified atom stereocenters. The predicted octanol–water partition coefficient (Wildman–Crippen LogP) is 2.30. The van der Waals surface area contributed by atoms with Crippen LogP contribution < -0.4 is 5.32 Å². The minimum Gasteiger partial charge on any atom is -0.340 e. The quantitative estimate of drug-likeness (QED) is 0.544. The summed E-state index contributed by atoms with van der Waals surface area (Å²) >= 11 is 0. The third kappa shape index (κ3) is 5.44. The second-order valence-electron chi connectivity index (χ2n) is 11.9. The summed E-state index contributed by atoms with van der Waals surface area (Å²) in [5.41, 5.74) is 1.36. The molecule has 10 nitrogen and oxygen atoms in total. The molecule has 2 saturated heterocycles. The second kappa shape index (κ2) is 10.5. The Kier molecular flexibility index (Phi) is 7.39. The van der Waals surface area contributed by atoms with Gasteiger partial charge in [-0.15, -0.1) is 0 Å². The van der Waals surface area contributed by atoms with Crippen LogP contribution in [0.25, 0.3) is 0 Å². The van der Waals surface area contributed by atoms with Gasteiger partial charge in [0.1, 0.15) is 12.1 Å². The van der Waals surface area contributed by atoms with Crippen LogP contribution in [0, 0.1) is 5.92 Å². The number of fused-ring (bicyclic) bond motifs is 1. The average molecular weight is 567 g/mol. The van der Waals surface area contributed by atoms with Crippen LogP contribution in [0.1, 0.15) is 72.7 Å². The topological polar surface area (TPSA) is 134 Å². The molecule has 3 aliphatic rings. The van der Waals surface area contributed by atoms with Gasteiger partial charge in [-0.25, -0.2) is 8.42 Å². The van der Waals surface area contributed by atoms with E-state index in [1.165, 1.54) is 29.4 Å². The Morgan fingerprint density at radius 1 is 1.05 bits per heavy atom. The molecule has 0 spiro atoms. The van der Waals surface area contributed by atoms with E-state index in [9.17, 15) is 27.6 Å². The molecule has 1 aromatic carbocycles. The third-order valence-corrected chi connectivity index (χ3v) is 9.70. The number of nitrogens with one attached hydrogen (secondary N) is 1. The number of rotatable bonds is 7. The highest BCUT2D eigenvalue weighted by molar-refractivity contribution is 8.04. The molecule has 1 saturated carbocycles. The number of carbonyl (C=O) groups is 4. The van der Waals surface area contributed by atoms with E-state index < -0.39 is 51.5 Å². The van der Waals surface area contributed by atoms with Gasteiger partial charge < -0.3 is 10.2 Å². The molecule has 3 atom stereocenters. The number of carbonyl (C=O) groups excluding carboxylic acids is 4. The molecule has 3 fully saturated rings. The Hall–Kier alpha value is -3.44. The van der Waals surface area contributed by atoms with Gasteiger partial charge in [0.25, 0.3) is 21.0 Å².